The Kier molecular flexibility index (Phi) is 7.00. The first kappa shape index (κ1) is 13.1. The smallest absolute Gasteiger partial charge is 0.429 e. The van der Waals surface area contributed by atoms with E-state index in [4.69, 9.17) is 4.74 Å². The second kappa shape index (κ2) is 7.49. The zero-order valence-corrected chi connectivity index (χ0v) is 9.25. The quantitative estimate of drug-likeness (QED) is 0.584. The molecule has 0 radical (unpaired) electrons. The maximum absolute atomic E-state index is 11.1. The number of carbonyl (C=O) groups excluding carboxylic acids is 2. The predicted molar refractivity (Wildman–Crippen MR) is 54.1 cm³/mol. The van der Waals surface area contributed by atoms with Crippen LogP contribution in [0.2, 0.25) is 0 Å². The fourth-order valence-electron chi connectivity index (χ4n) is 0.624. The maximum Gasteiger partial charge on any atom is 0.429 e. The van der Waals surface area contributed by atoms with Crippen molar-refractivity contribution in [1.29, 1.82) is 0 Å². The van der Waals surface area contributed by atoms with Gasteiger partial charge in [-0.2, -0.15) is 4.31 Å². The summed E-state index contributed by atoms with van der Waals surface area (Å²) >= 11 is 3.64. The Morgan fingerprint density at radius 3 is 2.29 bits per heavy atom. The molecule has 6 heteroatoms. The molecular weight excluding hydrogens is 206 g/mol. The summed E-state index contributed by atoms with van der Waals surface area (Å²) in [6.45, 7) is 4.09. The van der Waals surface area contributed by atoms with Crippen LogP contribution in [0.5, 0.6) is 0 Å². The van der Waals surface area contributed by atoms with E-state index in [1.54, 1.807) is 6.92 Å². The van der Waals surface area contributed by atoms with Crippen molar-refractivity contribution in [3.8, 4) is 0 Å². The highest BCUT2D eigenvalue weighted by molar-refractivity contribution is 7.79. The van der Waals surface area contributed by atoms with Gasteiger partial charge in [-0.05, 0) is 26.2 Å². The summed E-state index contributed by atoms with van der Waals surface area (Å²) in [4.78, 5) is 22.0. The van der Waals surface area contributed by atoms with Crippen molar-refractivity contribution in [1.82, 2.24) is 4.31 Å². The fourth-order valence-corrected chi connectivity index (χ4v) is 0.740. The molecule has 0 saturated heterocycles. The molecule has 0 aliphatic heterocycles. The minimum absolute atomic E-state index is 0.193. The van der Waals surface area contributed by atoms with Gasteiger partial charge in [-0.3, -0.25) is 0 Å². The summed E-state index contributed by atoms with van der Waals surface area (Å²) in [7, 11) is 0. The molecule has 2 amide bonds. The van der Waals surface area contributed by atoms with E-state index in [1.807, 2.05) is 6.92 Å². The van der Waals surface area contributed by atoms with E-state index in [0.29, 0.717) is 4.31 Å². The summed E-state index contributed by atoms with van der Waals surface area (Å²) in [5, 5.41) is 0. The van der Waals surface area contributed by atoms with E-state index in [9.17, 15) is 9.59 Å². The van der Waals surface area contributed by atoms with E-state index in [2.05, 4.69) is 17.6 Å². The molecule has 0 saturated carbocycles. The van der Waals surface area contributed by atoms with Crippen LogP contribution in [0.1, 0.15) is 26.7 Å². The van der Waals surface area contributed by atoms with E-state index in [-0.39, 0.29) is 13.2 Å². The lowest BCUT2D eigenvalue weighted by atomic mass is 10.4. The van der Waals surface area contributed by atoms with Gasteiger partial charge in [0.25, 0.3) is 0 Å². The molecule has 0 aromatic rings. The molecule has 0 aliphatic carbocycles. The Balaban J connectivity index is 3.80. The first-order valence-corrected chi connectivity index (χ1v) is 4.86. The van der Waals surface area contributed by atoms with Gasteiger partial charge in [0.1, 0.15) is 0 Å². The van der Waals surface area contributed by atoms with Gasteiger partial charge in [-0.15, -0.1) is 0 Å². The first-order chi connectivity index (χ1) is 6.63. The zero-order chi connectivity index (χ0) is 11.0. The molecule has 0 atom stereocenters. The molecule has 0 unspecified atom stereocenters. The van der Waals surface area contributed by atoms with Crippen LogP contribution in [0.3, 0.4) is 0 Å². The average molecular weight is 221 g/mol. The molecule has 5 nitrogen and oxygen atoms in total. The topological polar surface area (TPSA) is 55.8 Å². The monoisotopic (exact) mass is 221 g/mol. The zero-order valence-electron chi connectivity index (χ0n) is 8.36. The largest absolute Gasteiger partial charge is 0.449 e. The van der Waals surface area contributed by atoms with E-state index >= 15 is 0 Å². The Hall–Kier alpha value is -0.910. The van der Waals surface area contributed by atoms with Crippen LogP contribution in [0.4, 0.5) is 9.59 Å². The standard InChI is InChI=1S/C8H15NO4S/c1-3-5-6-13-8(11)9(14)7(10)12-4-2/h14H,3-6H2,1-2H3. The van der Waals surface area contributed by atoms with Crippen molar-refractivity contribution in [3.05, 3.63) is 0 Å². The van der Waals surface area contributed by atoms with Crippen molar-refractivity contribution >= 4 is 25.0 Å². The summed E-state index contributed by atoms with van der Waals surface area (Å²) < 4.78 is 9.78. The first-order valence-electron chi connectivity index (χ1n) is 4.46. The third kappa shape index (κ3) is 4.96. The molecule has 0 spiro atoms. The van der Waals surface area contributed by atoms with Crippen molar-refractivity contribution in [2.24, 2.45) is 0 Å². The number of ether oxygens (including phenoxy) is 2. The molecule has 0 aromatic heterocycles. The summed E-state index contributed by atoms with van der Waals surface area (Å²) in [6.07, 6.45) is 0.0488. The van der Waals surface area contributed by atoms with E-state index in [1.165, 1.54) is 0 Å². The van der Waals surface area contributed by atoms with Gasteiger partial charge in [0.05, 0.1) is 13.2 Å². The van der Waals surface area contributed by atoms with E-state index < -0.39 is 12.2 Å². The van der Waals surface area contributed by atoms with Crippen molar-refractivity contribution in [2.75, 3.05) is 13.2 Å². The van der Waals surface area contributed by atoms with Crippen molar-refractivity contribution in [2.45, 2.75) is 26.7 Å². The third-order valence-electron chi connectivity index (χ3n) is 1.34. The molecule has 14 heavy (non-hydrogen) atoms. The number of carbonyl (C=O) groups is 2. The van der Waals surface area contributed by atoms with Crippen molar-refractivity contribution < 1.29 is 19.1 Å². The number of rotatable bonds is 4. The van der Waals surface area contributed by atoms with Gasteiger partial charge < -0.3 is 9.47 Å². The summed E-state index contributed by atoms with van der Waals surface area (Å²) in [6, 6.07) is 0. The molecule has 0 fully saturated rings. The fraction of sp³-hybridized carbons (Fsp3) is 0.750. The number of thiol groups is 1. The normalized spacial score (nSPS) is 9.36. The molecule has 0 aromatic carbocycles. The molecule has 0 heterocycles. The third-order valence-corrected chi connectivity index (χ3v) is 1.66. The van der Waals surface area contributed by atoms with Gasteiger partial charge in [-0.1, -0.05) is 13.3 Å². The highest BCUT2D eigenvalue weighted by Gasteiger charge is 2.20. The van der Waals surface area contributed by atoms with Gasteiger partial charge in [-0.25, -0.2) is 9.59 Å². The van der Waals surface area contributed by atoms with Gasteiger partial charge in [0, 0.05) is 0 Å². The average Bonchev–Trinajstić information content (AvgIpc) is 2.17. The van der Waals surface area contributed by atoms with Gasteiger partial charge in [0.2, 0.25) is 0 Å². The number of amides is 2. The van der Waals surface area contributed by atoms with Gasteiger partial charge >= 0.3 is 12.2 Å². The molecular formula is C8H15NO4S. The number of hydrogen-bond donors (Lipinski definition) is 1. The Bertz CT molecular complexity index is 198. The lowest BCUT2D eigenvalue weighted by molar-refractivity contribution is 0.104. The Morgan fingerprint density at radius 2 is 1.79 bits per heavy atom. The SMILES string of the molecule is CCCCOC(=O)N(S)C(=O)OCC. The molecule has 0 rings (SSSR count). The Morgan fingerprint density at radius 1 is 1.21 bits per heavy atom. The minimum atomic E-state index is -0.822. The summed E-state index contributed by atoms with van der Waals surface area (Å²) in [5.41, 5.74) is 0. The van der Waals surface area contributed by atoms with Crippen LogP contribution < -0.4 is 0 Å². The number of nitrogens with zero attached hydrogens (tertiary/aromatic N) is 1. The van der Waals surface area contributed by atoms with Crippen molar-refractivity contribution in [3.63, 3.8) is 0 Å². The molecule has 82 valence electrons. The van der Waals surface area contributed by atoms with Crippen LogP contribution in [0.25, 0.3) is 0 Å². The molecule has 0 bridgehead atoms. The Labute approximate surface area is 88.9 Å². The lowest BCUT2D eigenvalue weighted by Crippen LogP contribution is -2.30. The van der Waals surface area contributed by atoms with Gasteiger partial charge in [0.15, 0.2) is 0 Å². The molecule has 0 aliphatic rings. The summed E-state index contributed by atoms with van der Waals surface area (Å²) in [5.74, 6) is 0. The second-order valence-electron chi connectivity index (χ2n) is 2.48. The maximum atomic E-state index is 11.1. The number of hydrogen-bond acceptors (Lipinski definition) is 5. The molecule has 0 N–H and O–H groups in total. The second-order valence-corrected chi connectivity index (χ2v) is 2.88. The van der Waals surface area contributed by atoms with Crippen LogP contribution in [-0.4, -0.2) is 29.7 Å². The predicted octanol–water partition coefficient (Wildman–Crippen LogP) is 2.23. The lowest BCUT2D eigenvalue weighted by Gasteiger charge is -2.12. The van der Waals surface area contributed by atoms with Crippen LogP contribution in [0, 0.1) is 0 Å². The highest BCUT2D eigenvalue weighted by atomic mass is 32.1. The van der Waals surface area contributed by atoms with Crippen LogP contribution in [-0.2, 0) is 9.47 Å². The number of unbranched alkanes of at least 4 members (excludes halogenated alkanes) is 1. The van der Waals surface area contributed by atoms with Crippen LogP contribution in [0.15, 0.2) is 0 Å². The number of imide groups is 1. The minimum Gasteiger partial charge on any atom is -0.449 e. The van der Waals surface area contributed by atoms with Crippen LogP contribution >= 0.6 is 12.8 Å². The van der Waals surface area contributed by atoms with E-state index in [0.717, 1.165) is 12.8 Å². The highest BCUT2D eigenvalue weighted by Crippen LogP contribution is 2.02.